The molecular formula is C33H36N2O6. The lowest BCUT2D eigenvalue weighted by Gasteiger charge is -2.33. The fourth-order valence-corrected chi connectivity index (χ4v) is 6.04. The third kappa shape index (κ3) is 5.98. The zero-order valence-electron chi connectivity index (χ0n) is 23.3. The minimum atomic E-state index is -1.24. The Hall–Kier alpha value is -4.17. The highest BCUT2D eigenvalue weighted by atomic mass is 16.5. The van der Waals surface area contributed by atoms with E-state index in [0.29, 0.717) is 12.8 Å². The average molecular weight is 557 g/mol. The predicted molar refractivity (Wildman–Crippen MR) is 154 cm³/mol. The molecule has 3 aromatic carbocycles. The van der Waals surface area contributed by atoms with Gasteiger partial charge in [0.2, 0.25) is 5.91 Å². The Balaban J connectivity index is 1.19. The van der Waals surface area contributed by atoms with Crippen LogP contribution in [0.25, 0.3) is 11.1 Å². The van der Waals surface area contributed by atoms with Crippen LogP contribution in [0.4, 0.5) is 4.79 Å². The summed E-state index contributed by atoms with van der Waals surface area (Å²) in [5.74, 6) is -1.68. The van der Waals surface area contributed by atoms with Gasteiger partial charge in [0.05, 0.1) is 18.1 Å². The number of alkyl carbamates (subject to hydrolysis) is 1. The number of nitrogens with one attached hydrogen (secondary N) is 2. The van der Waals surface area contributed by atoms with E-state index in [1.54, 1.807) is 13.8 Å². The Labute approximate surface area is 240 Å². The Kier molecular flexibility index (Phi) is 8.40. The van der Waals surface area contributed by atoms with Crippen molar-refractivity contribution in [1.82, 2.24) is 10.6 Å². The number of carbonyl (C=O) groups excluding carboxylic acids is 2. The van der Waals surface area contributed by atoms with Crippen molar-refractivity contribution < 1.29 is 29.0 Å². The van der Waals surface area contributed by atoms with Gasteiger partial charge in [0.25, 0.3) is 0 Å². The SMILES string of the molecule is CC(OCc1ccccc1)C(NC(=O)C1(C)CCCC1NC(=O)OCC1c2ccccc2-c2ccccc21)C(=O)O. The van der Waals surface area contributed by atoms with Gasteiger partial charge < -0.3 is 25.2 Å². The fourth-order valence-electron chi connectivity index (χ4n) is 6.04. The zero-order valence-corrected chi connectivity index (χ0v) is 23.3. The van der Waals surface area contributed by atoms with E-state index in [0.717, 1.165) is 34.2 Å². The first-order valence-electron chi connectivity index (χ1n) is 14.1. The molecule has 3 N–H and O–H groups in total. The summed E-state index contributed by atoms with van der Waals surface area (Å²) in [5.41, 5.74) is 4.45. The standard InChI is InChI=1S/C33H36N2O6/c1-21(40-19-22-11-4-3-5-12-22)29(30(36)37)35-31(38)33(2)18-10-17-28(33)34-32(39)41-20-27-25-15-8-6-13-23(25)24-14-7-9-16-26(24)27/h3-9,11-16,21,27-29H,10,17-20H2,1-2H3,(H,34,39)(H,35,38)(H,36,37). The Bertz CT molecular complexity index is 1360. The highest BCUT2D eigenvalue weighted by Crippen LogP contribution is 2.44. The smallest absolute Gasteiger partial charge is 0.407 e. The summed E-state index contributed by atoms with van der Waals surface area (Å²) in [7, 11) is 0. The first-order chi connectivity index (χ1) is 19.8. The van der Waals surface area contributed by atoms with Gasteiger partial charge in [0.1, 0.15) is 6.61 Å². The Morgan fingerprint density at radius 1 is 0.951 bits per heavy atom. The molecule has 4 atom stereocenters. The van der Waals surface area contributed by atoms with Gasteiger partial charge in [-0.3, -0.25) is 4.79 Å². The summed E-state index contributed by atoms with van der Waals surface area (Å²) >= 11 is 0. The van der Waals surface area contributed by atoms with E-state index in [-0.39, 0.29) is 19.1 Å². The van der Waals surface area contributed by atoms with Crippen molar-refractivity contribution in [3.63, 3.8) is 0 Å². The first-order valence-corrected chi connectivity index (χ1v) is 14.1. The molecule has 1 saturated carbocycles. The van der Waals surface area contributed by atoms with Crippen molar-refractivity contribution in [3.8, 4) is 11.1 Å². The lowest BCUT2D eigenvalue weighted by molar-refractivity contribution is -0.148. The molecule has 5 rings (SSSR count). The molecule has 0 heterocycles. The quantitative estimate of drug-likeness (QED) is 0.314. The lowest BCUT2D eigenvalue weighted by Crippen LogP contribution is -2.57. The summed E-state index contributed by atoms with van der Waals surface area (Å²) in [6.07, 6.45) is 0.461. The monoisotopic (exact) mass is 556 g/mol. The van der Waals surface area contributed by atoms with Crippen molar-refractivity contribution in [2.24, 2.45) is 5.41 Å². The molecule has 0 spiro atoms. The third-order valence-electron chi connectivity index (χ3n) is 8.49. The number of benzene rings is 3. The third-order valence-corrected chi connectivity index (χ3v) is 8.49. The zero-order chi connectivity index (χ0) is 29.0. The van der Waals surface area contributed by atoms with Crippen LogP contribution in [0.5, 0.6) is 0 Å². The molecule has 1 fully saturated rings. The highest BCUT2D eigenvalue weighted by Gasteiger charge is 2.47. The largest absolute Gasteiger partial charge is 0.480 e. The van der Waals surface area contributed by atoms with Crippen LogP contribution >= 0.6 is 0 Å². The van der Waals surface area contributed by atoms with Crippen LogP contribution in [0, 0.1) is 5.41 Å². The molecule has 2 aliphatic carbocycles. The number of carboxylic acids is 1. The molecule has 8 heteroatoms. The van der Waals surface area contributed by atoms with Gasteiger partial charge in [0.15, 0.2) is 6.04 Å². The van der Waals surface area contributed by atoms with Gasteiger partial charge >= 0.3 is 12.1 Å². The normalized spacial score (nSPS) is 20.9. The second-order valence-corrected chi connectivity index (χ2v) is 11.1. The number of fused-ring (bicyclic) bond motifs is 3. The Morgan fingerprint density at radius 3 is 2.20 bits per heavy atom. The maximum absolute atomic E-state index is 13.5. The number of carboxylic acid groups (broad SMARTS) is 1. The Morgan fingerprint density at radius 2 is 1.56 bits per heavy atom. The summed E-state index contributed by atoms with van der Waals surface area (Å²) < 4.78 is 11.5. The van der Waals surface area contributed by atoms with E-state index >= 15 is 0 Å². The summed E-state index contributed by atoms with van der Waals surface area (Å²) in [6.45, 7) is 3.79. The molecule has 2 amide bonds. The average Bonchev–Trinajstić information content (AvgIpc) is 3.51. The maximum atomic E-state index is 13.5. The molecular weight excluding hydrogens is 520 g/mol. The molecule has 8 nitrogen and oxygen atoms in total. The molecule has 0 radical (unpaired) electrons. The minimum Gasteiger partial charge on any atom is -0.480 e. The van der Waals surface area contributed by atoms with Crippen molar-refractivity contribution in [2.45, 2.75) is 63.8 Å². The van der Waals surface area contributed by atoms with E-state index in [1.165, 1.54) is 0 Å². The molecule has 214 valence electrons. The van der Waals surface area contributed by atoms with Crippen LogP contribution in [0.3, 0.4) is 0 Å². The lowest BCUT2D eigenvalue weighted by atomic mass is 9.83. The van der Waals surface area contributed by atoms with Gasteiger partial charge in [-0.2, -0.15) is 0 Å². The van der Waals surface area contributed by atoms with Crippen molar-refractivity contribution >= 4 is 18.0 Å². The number of aliphatic carboxylic acids is 1. The van der Waals surface area contributed by atoms with Crippen molar-refractivity contribution in [3.05, 3.63) is 95.6 Å². The van der Waals surface area contributed by atoms with Crippen LogP contribution in [0.1, 0.15) is 55.7 Å². The molecule has 0 bridgehead atoms. The highest BCUT2D eigenvalue weighted by molar-refractivity contribution is 5.89. The topological polar surface area (TPSA) is 114 Å². The van der Waals surface area contributed by atoms with Gasteiger partial charge in [-0.15, -0.1) is 0 Å². The predicted octanol–water partition coefficient (Wildman–Crippen LogP) is 5.26. The van der Waals surface area contributed by atoms with E-state index in [2.05, 4.69) is 34.9 Å². The van der Waals surface area contributed by atoms with Crippen LogP contribution in [-0.2, 0) is 25.7 Å². The van der Waals surface area contributed by atoms with E-state index in [4.69, 9.17) is 9.47 Å². The van der Waals surface area contributed by atoms with E-state index in [1.807, 2.05) is 54.6 Å². The second kappa shape index (κ2) is 12.1. The van der Waals surface area contributed by atoms with Crippen molar-refractivity contribution in [2.75, 3.05) is 6.61 Å². The van der Waals surface area contributed by atoms with E-state index < -0.39 is 41.6 Å². The molecule has 0 aromatic heterocycles. The van der Waals surface area contributed by atoms with Crippen LogP contribution in [-0.4, -0.2) is 47.9 Å². The molecule has 0 aliphatic heterocycles. The first kappa shape index (κ1) is 28.4. The number of hydrogen-bond donors (Lipinski definition) is 3. The molecule has 2 aliphatic rings. The number of rotatable bonds is 10. The fraction of sp³-hybridized carbons (Fsp3) is 0.364. The second-order valence-electron chi connectivity index (χ2n) is 11.1. The van der Waals surface area contributed by atoms with Gasteiger partial charge in [-0.25, -0.2) is 9.59 Å². The number of amides is 2. The van der Waals surface area contributed by atoms with Gasteiger partial charge in [0, 0.05) is 12.0 Å². The number of hydrogen-bond acceptors (Lipinski definition) is 5. The number of ether oxygens (including phenoxy) is 2. The van der Waals surface area contributed by atoms with Gasteiger partial charge in [-0.1, -0.05) is 85.3 Å². The van der Waals surface area contributed by atoms with Gasteiger partial charge in [-0.05, 0) is 54.5 Å². The van der Waals surface area contributed by atoms with Crippen LogP contribution in [0.15, 0.2) is 78.9 Å². The molecule has 41 heavy (non-hydrogen) atoms. The summed E-state index contributed by atoms with van der Waals surface area (Å²) in [4.78, 5) is 38.5. The summed E-state index contributed by atoms with van der Waals surface area (Å²) in [5, 5.41) is 15.4. The minimum absolute atomic E-state index is 0.0693. The molecule has 0 saturated heterocycles. The van der Waals surface area contributed by atoms with Crippen LogP contribution in [0.2, 0.25) is 0 Å². The summed E-state index contributed by atoms with van der Waals surface area (Å²) in [6, 6.07) is 23.9. The van der Waals surface area contributed by atoms with Crippen LogP contribution < -0.4 is 10.6 Å². The number of carbonyl (C=O) groups is 3. The maximum Gasteiger partial charge on any atom is 0.407 e. The molecule has 3 aromatic rings. The van der Waals surface area contributed by atoms with Crippen molar-refractivity contribution in [1.29, 1.82) is 0 Å². The van der Waals surface area contributed by atoms with E-state index in [9.17, 15) is 19.5 Å². The molecule has 4 unspecified atom stereocenters.